The van der Waals surface area contributed by atoms with Crippen molar-refractivity contribution in [2.75, 3.05) is 51.3 Å². The van der Waals surface area contributed by atoms with E-state index in [0.29, 0.717) is 13.1 Å². The molecule has 7 nitrogen and oxygen atoms in total. The highest BCUT2D eigenvalue weighted by atomic mass is 16.5. The number of nitrogens with zero attached hydrogens (tertiary/aromatic N) is 3. The molecule has 0 radical (unpaired) electrons. The Morgan fingerprint density at radius 1 is 1.29 bits per heavy atom. The van der Waals surface area contributed by atoms with Crippen LogP contribution in [0.3, 0.4) is 0 Å². The second-order valence-corrected chi connectivity index (χ2v) is 6.51. The van der Waals surface area contributed by atoms with Crippen LogP contribution in [0.2, 0.25) is 0 Å². The van der Waals surface area contributed by atoms with Crippen molar-refractivity contribution in [1.29, 1.82) is 0 Å². The van der Waals surface area contributed by atoms with Crippen molar-refractivity contribution in [3.8, 4) is 0 Å². The van der Waals surface area contributed by atoms with Gasteiger partial charge in [-0.05, 0) is 31.5 Å². The van der Waals surface area contributed by atoms with Gasteiger partial charge in [0.15, 0.2) is 0 Å². The molecule has 1 aromatic rings. The SMILES string of the molecule is CN1CCN(c2ccc(CNC(=O)NCC3CCCO3)cn2)CC1. The molecule has 3 heterocycles. The molecule has 1 unspecified atom stereocenters. The number of pyridine rings is 1. The molecule has 7 heteroatoms. The second-order valence-electron chi connectivity index (χ2n) is 6.51. The predicted octanol–water partition coefficient (Wildman–Crippen LogP) is 0.812. The van der Waals surface area contributed by atoms with Gasteiger partial charge >= 0.3 is 6.03 Å². The highest BCUT2D eigenvalue weighted by molar-refractivity contribution is 5.73. The quantitative estimate of drug-likeness (QED) is 0.835. The molecule has 3 rings (SSSR count). The minimum Gasteiger partial charge on any atom is -0.376 e. The Morgan fingerprint density at radius 3 is 2.79 bits per heavy atom. The number of likely N-dealkylation sites (N-methyl/N-ethyl adjacent to an activating group) is 1. The van der Waals surface area contributed by atoms with Gasteiger partial charge in [-0.1, -0.05) is 6.07 Å². The molecule has 132 valence electrons. The Balaban J connectivity index is 1.40. The van der Waals surface area contributed by atoms with Gasteiger partial charge in [-0.2, -0.15) is 0 Å². The lowest BCUT2D eigenvalue weighted by Gasteiger charge is -2.33. The average molecular weight is 333 g/mol. The molecule has 2 aliphatic rings. The fraction of sp³-hybridized carbons (Fsp3) is 0.647. The highest BCUT2D eigenvalue weighted by Crippen LogP contribution is 2.13. The topological polar surface area (TPSA) is 69.7 Å². The van der Waals surface area contributed by atoms with Gasteiger partial charge in [-0.25, -0.2) is 9.78 Å². The number of rotatable bonds is 5. The molecule has 0 bridgehead atoms. The second kappa shape index (κ2) is 8.30. The van der Waals surface area contributed by atoms with Crippen molar-refractivity contribution in [3.05, 3.63) is 23.9 Å². The number of anilines is 1. The molecule has 2 amide bonds. The monoisotopic (exact) mass is 333 g/mol. The maximum atomic E-state index is 11.8. The van der Waals surface area contributed by atoms with Crippen molar-refractivity contribution < 1.29 is 9.53 Å². The van der Waals surface area contributed by atoms with E-state index in [-0.39, 0.29) is 12.1 Å². The minimum atomic E-state index is -0.159. The summed E-state index contributed by atoms with van der Waals surface area (Å²) < 4.78 is 5.48. The van der Waals surface area contributed by atoms with Gasteiger partial charge in [0.1, 0.15) is 5.82 Å². The number of carbonyl (C=O) groups excluding carboxylic acids is 1. The van der Waals surface area contributed by atoms with Gasteiger partial charge in [0.05, 0.1) is 6.10 Å². The molecule has 2 fully saturated rings. The molecular formula is C17H27N5O2. The summed E-state index contributed by atoms with van der Waals surface area (Å²) in [6.07, 6.45) is 4.12. The zero-order valence-electron chi connectivity index (χ0n) is 14.3. The Labute approximate surface area is 143 Å². The molecule has 1 atom stereocenters. The van der Waals surface area contributed by atoms with E-state index >= 15 is 0 Å². The highest BCUT2D eigenvalue weighted by Gasteiger charge is 2.16. The van der Waals surface area contributed by atoms with Gasteiger partial charge in [0.25, 0.3) is 0 Å². The van der Waals surface area contributed by atoms with Crippen LogP contribution in [-0.4, -0.2) is 68.4 Å². The summed E-state index contributed by atoms with van der Waals surface area (Å²) in [7, 11) is 2.14. The van der Waals surface area contributed by atoms with Gasteiger partial charge in [-0.15, -0.1) is 0 Å². The maximum Gasteiger partial charge on any atom is 0.315 e. The number of nitrogens with one attached hydrogen (secondary N) is 2. The van der Waals surface area contributed by atoms with Crippen molar-refractivity contribution >= 4 is 11.8 Å². The van der Waals surface area contributed by atoms with Crippen LogP contribution in [0.4, 0.5) is 10.6 Å². The maximum absolute atomic E-state index is 11.8. The molecule has 24 heavy (non-hydrogen) atoms. The third-order valence-electron chi connectivity index (χ3n) is 4.60. The molecule has 0 aromatic carbocycles. The van der Waals surface area contributed by atoms with E-state index in [2.05, 4.69) is 32.5 Å². The lowest BCUT2D eigenvalue weighted by atomic mass is 10.2. The van der Waals surface area contributed by atoms with Crippen LogP contribution in [0, 0.1) is 0 Å². The van der Waals surface area contributed by atoms with Crippen LogP contribution in [0.15, 0.2) is 18.3 Å². The van der Waals surface area contributed by atoms with Gasteiger partial charge < -0.3 is 25.2 Å². The summed E-state index contributed by atoms with van der Waals surface area (Å²) in [6.45, 7) is 6.00. The van der Waals surface area contributed by atoms with E-state index in [0.717, 1.165) is 57.0 Å². The van der Waals surface area contributed by atoms with Crippen LogP contribution >= 0.6 is 0 Å². The molecule has 2 aliphatic heterocycles. The number of carbonyl (C=O) groups is 1. The lowest BCUT2D eigenvalue weighted by Crippen LogP contribution is -2.44. The number of hydrogen-bond donors (Lipinski definition) is 2. The van der Waals surface area contributed by atoms with Crippen LogP contribution in [0.1, 0.15) is 18.4 Å². The first kappa shape index (κ1) is 17.0. The number of urea groups is 1. The number of piperazine rings is 1. The zero-order valence-corrected chi connectivity index (χ0v) is 14.3. The number of amides is 2. The van der Waals surface area contributed by atoms with Crippen LogP contribution in [-0.2, 0) is 11.3 Å². The molecule has 0 spiro atoms. The molecule has 0 saturated carbocycles. The minimum absolute atomic E-state index is 0.159. The summed E-state index contributed by atoms with van der Waals surface area (Å²) in [6, 6.07) is 3.90. The van der Waals surface area contributed by atoms with Gasteiger partial charge in [0.2, 0.25) is 0 Å². The van der Waals surface area contributed by atoms with E-state index in [1.807, 2.05) is 18.3 Å². The zero-order chi connectivity index (χ0) is 16.8. The van der Waals surface area contributed by atoms with Crippen molar-refractivity contribution in [1.82, 2.24) is 20.5 Å². The Bertz CT molecular complexity index is 522. The first-order chi connectivity index (χ1) is 11.7. The fourth-order valence-corrected chi connectivity index (χ4v) is 3.00. The Kier molecular flexibility index (Phi) is 5.87. The van der Waals surface area contributed by atoms with Gasteiger partial charge in [-0.3, -0.25) is 0 Å². The normalized spacial score (nSPS) is 21.7. The van der Waals surface area contributed by atoms with E-state index in [1.165, 1.54) is 0 Å². The summed E-state index contributed by atoms with van der Waals surface area (Å²) in [5.41, 5.74) is 1.00. The van der Waals surface area contributed by atoms with Crippen LogP contribution < -0.4 is 15.5 Å². The number of aromatic nitrogens is 1. The lowest BCUT2D eigenvalue weighted by molar-refractivity contribution is 0.111. The van der Waals surface area contributed by atoms with Crippen molar-refractivity contribution in [2.45, 2.75) is 25.5 Å². The third kappa shape index (κ3) is 4.82. The summed E-state index contributed by atoms with van der Waals surface area (Å²) in [5.74, 6) is 1.01. The summed E-state index contributed by atoms with van der Waals surface area (Å²) in [4.78, 5) is 21.0. The Hall–Kier alpha value is -1.86. The van der Waals surface area contributed by atoms with E-state index in [1.54, 1.807) is 0 Å². The smallest absolute Gasteiger partial charge is 0.315 e. The average Bonchev–Trinajstić information content (AvgIpc) is 3.13. The van der Waals surface area contributed by atoms with Crippen LogP contribution in [0.5, 0.6) is 0 Å². The molecule has 0 aliphatic carbocycles. The molecular weight excluding hydrogens is 306 g/mol. The summed E-state index contributed by atoms with van der Waals surface area (Å²) in [5, 5.41) is 5.72. The largest absolute Gasteiger partial charge is 0.376 e. The van der Waals surface area contributed by atoms with Gasteiger partial charge in [0, 0.05) is 52.1 Å². The van der Waals surface area contributed by atoms with Crippen molar-refractivity contribution in [3.63, 3.8) is 0 Å². The first-order valence-electron chi connectivity index (χ1n) is 8.72. The predicted molar refractivity (Wildman–Crippen MR) is 93.2 cm³/mol. The molecule has 2 saturated heterocycles. The van der Waals surface area contributed by atoms with E-state index in [9.17, 15) is 4.79 Å². The third-order valence-corrected chi connectivity index (χ3v) is 4.60. The standard InChI is InChI=1S/C17H27N5O2/c1-21-6-8-22(9-7-21)16-5-4-14(11-18-16)12-19-17(23)20-13-15-3-2-10-24-15/h4-5,11,15H,2-3,6-10,12-13H2,1H3,(H2,19,20,23). The fourth-order valence-electron chi connectivity index (χ4n) is 3.00. The Morgan fingerprint density at radius 2 is 2.12 bits per heavy atom. The van der Waals surface area contributed by atoms with E-state index < -0.39 is 0 Å². The van der Waals surface area contributed by atoms with Crippen molar-refractivity contribution in [2.24, 2.45) is 0 Å². The summed E-state index contributed by atoms with van der Waals surface area (Å²) >= 11 is 0. The number of ether oxygens (including phenoxy) is 1. The molecule has 1 aromatic heterocycles. The van der Waals surface area contributed by atoms with E-state index in [4.69, 9.17) is 4.74 Å². The number of hydrogen-bond acceptors (Lipinski definition) is 5. The molecule has 2 N–H and O–H groups in total. The first-order valence-corrected chi connectivity index (χ1v) is 8.72. The van der Waals surface area contributed by atoms with Crippen LogP contribution in [0.25, 0.3) is 0 Å².